The molecule has 0 aromatic heterocycles. The third kappa shape index (κ3) is 4.91. The molecule has 0 saturated carbocycles. The molecular weight excluding hydrogens is 286 g/mol. The van der Waals surface area contributed by atoms with Crippen molar-refractivity contribution < 1.29 is 4.74 Å². The molecule has 112 valence electrons. The Kier molecular flexibility index (Phi) is 5.19. The first-order chi connectivity index (χ1) is 10.5. The van der Waals surface area contributed by atoms with Crippen LogP contribution in [0.25, 0.3) is 0 Å². The highest BCUT2D eigenvalue weighted by Crippen LogP contribution is 2.12. The Labute approximate surface area is 133 Å². The first kappa shape index (κ1) is 16.1. The molecule has 0 aliphatic carbocycles. The van der Waals surface area contributed by atoms with Crippen LogP contribution in [0.4, 0.5) is 5.69 Å². The van der Waals surface area contributed by atoms with E-state index in [2.05, 4.69) is 31.1 Å². The molecule has 0 atom stereocenters. The van der Waals surface area contributed by atoms with Gasteiger partial charge in [-0.1, -0.05) is 56.0 Å². The second-order valence-corrected chi connectivity index (χ2v) is 11.0. The summed E-state index contributed by atoms with van der Waals surface area (Å²) in [5.74, 6) is 3.27. The molecule has 0 spiro atoms. The molecule has 2 nitrogen and oxygen atoms in total. The van der Waals surface area contributed by atoms with Crippen LogP contribution in [0.5, 0.6) is 0 Å². The van der Waals surface area contributed by atoms with Gasteiger partial charge in [0, 0.05) is 24.1 Å². The second-order valence-electron chi connectivity index (χ2n) is 6.22. The lowest BCUT2D eigenvalue weighted by Gasteiger charge is -2.06. The van der Waals surface area contributed by atoms with Gasteiger partial charge in [0.2, 0.25) is 5.69 Å². The minimum Gasteiger partial charge on any atom is -0.618 e. The minimum atomic E-state index is -1.36. The maximum absolute atomic E-state index is 12.2. The van der Waals surface area contributed by atoms with Crippen molar-refractivity contribution >= 4 is 20.0 Å². The fourth-order valence-corrected chi connectivity index (χ4v) is 2.62. The van der Waals surface area contributed by atoms with Gasteiger partial charge in [-0.2, -0.15) is 4.74 Å². The maximum atomic E-state index is 12.2. The summed E-state index contributed by atoms with van der Waals surface area (Å²) >= 11 is 0. The zero-order chi connectivity index (χ0) is 16.0. The van der Waals surface area contributed by atoms with Crippen LogP contribution in [0.2, 0.25) is 19.6 Å². The van der Waals surface area contributed by atoms with Crippen LogP contribution >= 0.6 is 0 Å². The van der Waals surface area contributed by atoms with Gasteiger partial charge in [0.05, 0.1) is 0 Å². The van der Waals surface area contributed by atoms with Gasteiger partial charge < -0.3 is 5.21 Å². The lowest BCUT2D eigenvalue weighted by molar-refractivity contribution is -0.354. The Balaban J connectivity index is 2.27. The molecule has 22 heavy (non-hydrogen) atoms. The van der Waals surface area contributed by atoms with Crippen molar-refractivity contribution in [1.82, 2.24) is 0 Å². The van der Waals surface area contributed by atoms with E-state index in [4.69, 9.17) is 0 Å². The van der Waals surface area contributed by atoms with E-state index in [0.29, 0.717) is 12.1 Å². The van der Waals surface area contributed by atoms with Gasteiger partial charge in [-0.15, -0.1) is 11.5 Å². The van der Waals surface area contributed by atoms with Crippen molar-refractivity contribution in [3.63, 3.8) is 0 Å². The third-order valence-electron chi connectivity index (χ3n) is 3.06. The fraction of sp³-hybridized carbons (Fsp3) is 0.211. The average Bonchev–Trinajstić information content (AvgIpc) is 2.48. The van der Waals surface area contributed by atoms with Crippen LogP contribution in [-0.2, 0) is 6.42 Å². The van der Waals surface area contributed by atoms with Gasteiger partial charge in [0.15, 0.2) is 6.21 Å². The van der Waals surface area contributed by atoms with E-state index in [-0.39, 0.29) is 0 Å². The quantitative estimate of drug-likeness (QED) is 0.206. The van der Waals surface area contributed by atoms with E-state index in [1.54, 1.807) is 18.3 Å². The van der Waals surface area contributed by atoms with Crippen LogP contribution in [0.3, 0.4) is 0 Å². The van der Waals surface area contributed by atoms with Gasteiger partial charge in [-0.25, -0.2) is 0 Å². The topological polar surface area (TPSA) is 26.1 Å². The van der Waals surface area contributed by atoms with Crippen molar-refractivity contribution in [3.05, 3.63) is 70.9 Å². The smallest absolute Gasteiger partial charge is 0.216 e. The van der Waals surface area contributed by atoms with E-state index in [0.717, 1.165) is 15.9 Å². The van der Waals surface area contributed by atoms with Gasteiger partial charge in [-0.05, 0) is 11.6 Å². The van der Waals surface area contributed by atoms with Crippen molar-refractivity contribution in [1.29, 1.82) is 0 Å². The summed E-state index contributed by atoms with van der Waals surface area (Å²) in [6, 6.07) is 17.1. The van der Waals surface area contributed by atoms with E-state index in [1.807, 2.05) is 42.5 Å². The summed E-state index contributed by atoms with van der Waals surface area (Å²) < 4.78 is 0.908. The molecule has 0 aliphatic rings. The molecule has 0 aliphatic heterocycles. The lowest BCUT2D eigenvalue weighted by Crippen LogP contribution is -2.16. The molecule has 0 amide bonds. The zero-order valence-corrected chi connectivity index (χ0v) is 14.3. The number of para-hydroxylation sites is 1. The van der Waals surface area contributed by atoms with Crippen LogP contribution in [0.1, 0.15) is 11.1 Å². The number of benzene rings is 2. The van der Waals surface area contributed by atoms with Crippen molar-refractivity contribution in [2.75, 3.05) is 0 Å². The molecule has 0 saturated heterocycles. The number of hydrogen-bond donors (Lipinski definition) is 0. The highest BCUT2D eigenvalue weighted by molar-refractivity contribution is 6.83. The Morgan fingerprint density at radius 1 is 1.00 bits per heavy atom. The van der Waals surface area contributed by atoms with E-state index in [1.165, 1.54) is 0 Å². The molecule has 0 heterocycles. The van der Waals surface area contributed by atoms with Gasteiger partial charge in [-0.3, -0.25) is 0 Å². The van der Waals surface area contributed by atoms with E-state index in [9.17, 15) is 5.21 Å². The van der Waals surface area contributed by atoms with Crippen LogP contribution in [-0.4, -0.2) is 19.0 Å². The highest BCUT2D eigenvalue weighted by atomic mass is 28.3. The third-order valence-corrected chi connectivity index (χ3v) is 3.99. The monoisotopic (exact) mass is 307 g/mol. The summed E-state index contributed by atoms with van der Waals surface area (Å²) in [6.45, 7) is 6.69. The van der Waals surface area contributed by atoms with Gasteiger partial charge >= 0.3 is 0 Å². The summed E-state index contributed by atoms with van der Waals surface area (Å²) in [5.41, 5.74) is 6.01. The molecule has 3 heteroatoms. The Morgan fingerprint density at radius 2 is 1.64 bits per heavy atom. The standard InChI is InChI=1S/C19H21NOSi/c1-22(2,3)15-9-12-17-10-7-8-11-18(17)16-20(21)19-13-5-4-6-14-19/h4-8,10-11,13-14,16H,12H2,1-3H3/b20-16-. The summed E-state index contributed by atoms with van der Waals surface area (Å²) in [4.78, 5) is 0. The predicted octanol–water partition coefficient (Wildman–Crippen LogP) is 4.37. The van der Waals surface area contributed by atoms with E-state index >= 15 is 0 Å². The minimum absolute atomic E-state index is 0.630. The van der Waals surface area contributed by atoms with Crippen molar-refractivity contribution in [3.8, 4) is 11.5 Å². The molecule has 2 aromatic rings. The molecule has 0 N–H and O–H groups in total. The molecule has 0 bridgehead atoms. The lowest BCUT2D eigenvalue weighted by atomic mass is 10.1. The number of nitrogens with zero attached hydrogens (tertiary/aromatic N) is 1. The summed E-state index contributed by atoms with van der Waals surface area (Å²) in [5, 5.41) is 12.2. The Bertz CT molecular complexity index is 718. The molecular formula is C19H21NOSi. The largest absolute Gasteiger partial charge is 0.618 e. The Hall–Kier alpha value is -2.31. The Morgan fingerprint density at radius 3 is 2.32 bits per heavy atom. The first-order valence-electron chi connectivity index (χ1n) is 7.40. The average molecular weight is 307 g/mol. The predicted molar refractivity (Wildman–Crippen MR) is 96.2 cm³/mol. The fourth-order valence-electron chi connectivity index (χ4n) is 2.00. The second kappa shape index (κ2) is 7.10. The molecule has 2 aromatic carbocycles. The highest BCUT2D eigenvalue weighted by Gasteiger charge is 2.08. The number of hydrogen-bond acceptors (Lipinski definition) is 1. The van der Waals surface area contributed by atoms with Crippen molar-refractivity contribution in [2.45, 2.75) is 26.1 Å². The molecule has 2 rings (SSSR count). The van der Waals surface area contributed by atoms with Crippen LogP contribution in [0, 0.1) is 16.7 Å². The zero-order valence-electron chi connectivity index (χ0n) is 13.3. The van der Waals surface area contributed by atoms with E-state index < -0.39 is 8.07 Å². The SMILES string of the molecule is C[Si](C)(C)C#CCc1ccccc1/C=[N+](\[O-])c1ccccc1. The number of rotatable bonds is 3. The normalized spacial score (nSPS) is 11.7. The maximum Gasteiger partial charge on any atom is 0.216 e. The molecule has 0 radical (unpaired) electrons. The first-order valence-corrected chi connectivity index (χ1v) is 10.9. The molecule has 0 unspecified atom stereocenters. The summed E-state index contributed by atoms with van der Waals surface area (Å²) in [7, 11) is -1.36. The van der Waals surface area contributed by atoms with Crippen molar-refractivity contribution in [2.24, 2.45) is 0 Å². The van der Waals surface area contributed by atoms with Gasteiger partial charge in [0.25, 0.3) is 0 Å². The van der Waals surface area contributed by atoms with Gasteiger partial charge in [0.1, 0.15) is 8.07 Å². The molecule has 0 fully saturated rings. The summed E-state index contributed by atoms with van der Waals surface area (Å²) in [6.07, 6.45) is 2.31. The van der Waals surface area contributed by atoms with Crippen LogP contribution in [0.15, 0.2) is 54.6 Å². The van der Waals surface area contributed by atoms with Crippen LogP contribution < -0.4 is 0 Å².